The molecule has 2 rings (SSSR count). The predicted molar refractivity (Wildman–Crippen MR) is 88.1 cm³/mol. The molecule has 0 saturated carbocycles. The van der Waals surface area contributed by atoms with Crippen LogP contribution in [-0.4, -0.2) is 25.3 Å². The van der Waals surface area contributed by atoms with Crippen LogP contribution in [0.4, 0.5) is 5.69 Å². The van der Waals surface area contributed by atoms with Gasteiger partial charge in [-0.3, -0.25) is 0 Å². The van der Waals surface area contributed by atoms with Crippen molar-refractivity contribution in [3.63, 3.8) is 0 Å². The smallest absolute Gasteiger partial charge is 0.126 e. The first-order chi connectivity index (χ1) is 10.2. The molecule has 1 aliphatic rings. The molecule has 0 bridgehead atoms. The van der Waals surface area contributed by atoms with Gasteiger partial charge < -0.3 is 14.7 Å². The maximum Gasteiger partial charge on any atom is 0.126 e. The lowest BCUT2D eigenvalue weighted by Crippen LogP contribution is -2.26. The van der Waals surface area contributed by atoms with Gasteiger partial charge in [0.15, 0.2) is 0 Å². The second-order valence-corrected chi connectivity index (χ2v) is 6.14. The zero-order valence-corrected chi connectivity index (χ0v) is 13.6. The zero-order valence-electron chi connectivity index (χ0n) is 13.6. The van der Waals surface area contributed by atoms with Crippen LogP contribution in [0, 0.1) is 5.92 Å². The highest BCUT2D eigenvalue weighted by Gasteiger charge is 2.22. The number of aliphatic hydroxyl groups is 1. The summed E-state index contributed by atoms with van der Waals surface area (Å²) in [5.74, 6) is 1.65. The van der Waals surface area contributed by atoms with Crippen LogP contribution in [0.2, 0.25) is 0 Å². The van der Waals surface area contributed by atoms with E-state index in [9.17, 15) is 5.11 Å². The van der Waals surface area contributed by atoms with Crippen LogP contribution in [0.1, 0.15) is 57.6 Å². The molecule has 2 atom stereocenters. The average molecular weight is 291 g/mol. The van der Waals surface area contributed by atoms with E-state index in [4.69, 9.17) is 4.74 Å². The number of rotatable bonds is 5. The van der Waals surface area contributed by atoms with Gasteiger partial charge in [-0.1, -0.05) is 25.8 Å². The van der Waals surface area contributed by atoms with Gasteiger partial charge in [0.1, 0.15) is 5.75 Å². The Bertz CT molecular complexity index is 445. The minimum atomic E-state index is -0.508. The van der Waals surface area contributed by atoms with Crippen molar-refractivity contribution in [3.05, 3.63) is 23.8 Å². The molecule has 0 spiro atoms. The summed E-state index contributed by atoms with van der Waals surface area (Å²) in [6, 6.07) is 6.07. The van der Waals surface area contributed by atoms with Gasteiger partial charge in [0.2, 0.25) is 0 Å². The van der Waals surface area contributed by atoms with Crippen molar-refractivity contribution in [2.45, 2.75) is 52.1 Å². The minimum absolute atomic E-state index is 0.508. The number of ether oxygens (including phenoxy) is 1. The first kappa shape index (κ1) is 16.2. The quantitative estimate of drug-likeness (QED) is 0.884. The molecule has 0 radical (unpaired) electrons. The van der Waals surface area contributed by atoms with Crippen molar-refractivity contribution in [2.75, 3.05) is 25.1 Å². The molecule has 1 heterocycles. The molecule has 118 valence electrons. The van der Waals surface area contributed by atoms with Crippen molar-refractivity contribution in [2.24, 2.45) is 5.92 Å². The van der Waals surface area contributed by atoms with Crippen LogP contribution in [0.15, 0.2) is 18.2 Å². The summed E-state index contributed by atoms with van der Waals surface area (Å²) in [6.45, 7) is 6.25. The molecule has 0 aromatic heterocycles. The lowest BCUT2D eigenvalue weighted by molar-refractivity contribution is 0.194. The Hall–Kier alpha value is -1.22. The maximum absolute atomic E-state index is 10.1. The summed E-state index contributed by atoms with van der Waals surface area (Å²) in [5.41, 5.74) is 2.07. The lowest BCUT2D eigenvalue weighted by Gasteiger charge is -2.27. The molecular weight excluding hydrogens is 262 g/mol. The van der Waals surface area contributed by atoms with Crippen molar-refractivity contribution < 1.29 is 9.84 Å². The van der Waals surface area contributed by atoms with Crippen LogP contribution < -0.4 is 9.64 Å². The molecule has 1 saturated heterocycles. The van der Waals surface area contributed by atoms with E-state index in [1.807, 2.05) is 19.1 Å². The van der Waals surface area contributed by atoms with Crippen LogP contribution in [-0.2, 0) is 0 Å². The van der Waals surface area contributed by atoms with Crippen molar-refractivity contribution in [1.82, 2.24) is 0 Å². The van der Waals surface area contributed by atoms with E-state index < -0.39 is 6.10 Å². The fraction of sp³-hybridized carbons (Fsp3) is 0.667. The third-order valence-corrected chi connectivity index (χ3v) is 4.57. The number of anilines is 1. The van der Waals surface area contributed by atoms with Gasteiger partial charge in [0.05, 0.1) is 13.2 Å². The second kappa shape index (κ2) is 7.69. The fourth-order valence-electron chi connectivity index (χ4n) is 3.51. The number of nitrogens with zero attached hydrogens (tertiary/aromatic N) is 1. The van der Waals surface area contributed by atoms with Crippen molar-refractivity contribution in [3.8, 4) is 5.75 Å². The molecule has 0 aliphatic carbocycles. The van der Waals surface area contributed by atoms with Gasteiger partial charge in [-0.15, -0.1) is 0 Å². The van der Waals surface area contributed by atoms with Crippen molar-refractivity contribution in [1.29, 1.82) is 0 Å². The Morgan fingerprint density at radius 2 is 2.14 bits per heavy atom. The standard InChI is InChI=1S/C18H29NO2/c1-4-7-15-8-6-12-19(13-11-15)16-9-5-10-17(21-3)18(16)14(2)20/h5,9-10,14-15,20H,4,6-8,11-13H2,1-3H3/t14-,15?/m1/s1. The monoisotopic (exact) mass is 291 g/mol. The number of methoxy groups -OCH3 is 1. The molecule has 0 amide bonds. The largest absolute Gasteiger partial charge is 0.496 e. The number of benzene rings is 1. The summed E-state index contributed by atoms with van der Waals surface area (Å²) >= 11 is 0. The number of hydrogen-bond acceptors (Lipinski definition) is 3. The normalized spacial score (nSPS) is 21.0. The first-order valence-electron chi connectivity index (χ1n) is 8.27. The molecule has 1 unspecified atom stereocenters. The summed E-state index contributed by atoms with van der Waals surface area (Å²) < 4.78 is 5.44. The summed E-state index contributed by atoms with van der Waals surface area (Å²) in [7, 11) is 1.67. The van der Waals surface area contributed by atoms with Crippen LogP contribution in [0.3, 0.4) is 0 Å². The van der Waals surface area contributed by atoms with Crippen LogP contribution in [0.5, 0.6) is 5.75 Å². The van der Waals surface area contributed by atoms with E-state index in [-0.39, 0.29) is 0 Å². The summed E-state index contributed by atoms with van der Waals surface area (Å²) in [6.07, 6.45) is 5.94. The lowest BCUT2D eigenvalue weighted by atomic mass is 9.96. The van der Waals surface area contributed by atoms with Gasteiger partial charge in [0.25, 0.3) is 0 Å². The highest BCUT2D eigenvalue weighted by molar-refractivity contribution is 5.60. The first-order valence-corrected chi connectivity index (χ1v) is 8.27. The van der Waals surface area contributed by atoms with E-state index in [0.29, 0.717) is 0 Å². The third kappa shape index (κ3) is 3.91. The van der Waals surface area contributed by atoms with E-state index in [1.54, 1.807) is 7.11 Å². The Morgan fingerprint density at radius 1 is 1.33 bits per heavy atom. The van der Waals surface area contributed by atoms with Gasteiger partial charge in [-0.2, -0.15) is 0 Å². The topological polar surface area (TPSA) is 32.7 Å². The molecule has 21 heavy (non-hydrogen) atoms. The number of aliphatic hydroxyl groups excluding tert-OH is 1. The zero-order chi connectivity index (χ0) is 15.2. The Kier molecular flexibility index (Phi) is 5.92. The van der Waals surface area contributed by atoms with Crippen molar-refractivity contribution >= 4 is 5.69 Å². The highest BCUT2D eigenvalue weighted by atomic mass is 16.5. The number of hydrogen-bond donors (Lipinski definition) is 1. The van der Waals surface area contributed by atoms with Crippen LogP contribution >= 0.6 is 0 Å². The summed E-state index contributed by atoms with van der Waals surface area (Å²) in [4.78, 5) is 2.43. The average Bonchev–Trinajstić information content (AvgIpc) is 2.72. The molecule has 3 heteroatoms. The molecule has 1 aromatic carbocycles. The maximum atomic E-state index is 10.1. The Balaban J connectivity index is 2.21. The molecule has 3 nitrogen and oxygen atoms in total. The fourth-order valence-corrected chi connectivity index (χ4v) is 3.51. The summed E-state index contributed by atoms with van der Waals surface area (Å²) in [5, 5.41) is 10.1. The van der Waals surface area contributed by atoms with E-state index in [0.717, 1.165) is 36.0 Å². The second-order valence-electron chi connectivity index (χ2n) is 6.14. The molecule has 1 aromatic rings. The van der Waals surface area contributed by atoms with Gasteiger partial charge in [0, 0.05) is 24.3 Å². The minimum Gasteiger partial charge on any atom is -0.496 e. The SMILES string of the molecule is CCCC1CCCN(c2cccc(OC)c2[C@@H](C)O)CC1. The van der Waals surface area contributed by atoms with E-state index in [1.165, 1.54) is 32.1 Å². The van der Waals surface area contributed by atoms with E-state index in [2.05, 4.69) is 17.9 Å². The van der Waals surface area contributed by atoms with Gasteiger partial charge in [-0.05, 0) is 44.2 Å². The third-order valence-electron chi connectivity index (χ3n) is 4.57. The van der Waals surface area contributed by atoms with Gasteiger partial charge in [-0.25, -0.2) is 0 Å². The van der Waals surface area contributed by atoms with Gasteiger partial charge >= 0.3 is 0 Å². The molecule has 1 N–H and O–H groups in total. The van der Waals surface area contributed by atoms with E-state index >= 15 is 0 Å². The Morgan fingerprint density at radius 3 is 2.81 bits per heavy atom. The molecule has 1 aliphatic heterocycles. The molecule has 1 fully saturated rings. The Labute approximate surface area is 128 Å². The predicted octanol–water partition coefficient (Wildman–Crippen LogP) is 4.16. The van der Waals surface area contributed by atoms with Crippen LogP contribution in [0.25, 0.3) is 0 Å². The molecular formula is C18H29NO2. The highest BCUT2D eigenvalue weighted by Crippen LogP contribution is 2.36.